The molecule has 3 N–H and O–H groups in total. The second kappa shape index (κ2) is 6.82. The number of carbonyl (C=O) groups is 1. The van der Waals surface area contributed by atoms with Gasteiger partial charge in [-0.3, -0.25) is 9.72 Å². The smallest absolute Gasteiger partial charge is 0.411 e. The van der Waals surface area contributed by atoms with E-state index in [1.54, 1.807) is 19.5 Å². The quantitative estimate of drug-likeness (QED) is 0.633. The van der Waals surface area contributed by atoms with Crippen LogP contribution in [0.5, 0.6) is 5.75 Å². The van der Waals surface area contributed by atoms with Gasteiger partial charge in [0.15, 0.2) is 5.82 Å². The molecule has 124 valence electrons. The third-order valence-corrected chi connectivity index (χ3v) is 3.43. The predicted octanol–water partition coefficient (Wildman–Crippen LogP) is 1.88. The number of hydrogen-bond donors (Lipinski definition) is 3. The lowest BCUT2D eigenvalue weighted by atomic mass is 10.1. The Balaban J connectivity index is 1.74. The second-order valence-electron chi connectivity index (χ2n) is 4.91. The Morgan fingerprint density at radius 2 is 2.17 bits per heavy atom. The highest BCUT2D eigenvalue weighted by atomic mass is 16.5. The molecule has 24 heavy (non-hydrogen) atoms. The molecular formula is C15H16N6O3. The molecule has 0 unspecified atom stereocenters. The molecule has 2 aromatic heterocycles. The highest BCUT2D eigenvalue weighted by Gasteiger charge is 2.12. The number of fused-ring (bicyclic) bond motifs is 1. The van der Waals surface area contributed by atoms with Crippen molar-refractivity contribution in [3.05, 3.63) is 42.2 Å². The molecule has 0 saturated heterocycles. The van der Waals surface area contributed by atoms with Crippen LogP contribution in [0.2, 0.25) is 0 Å². The zero-order valence-electron chi connectivity index (χ0n) is 12.9. The van der Waals surface area contributed by atoms with Crippen LogP contribution < -0.4 is 15.4 Å². The maximum atomic E-state index is 10.7. The summed E-state index contributed by atoms with van der Waals surface area (Å²) in [7, 11) is 1.64. The molecule has 3 rings (SSSR count). The maximum absolute atomic E-state index is 10.7. The molecule has 0 aliphatic rings. The number of nitrogens with one attached hydrogen (secondary N) is 2. The molecule has 0 fully saturated rings. The van der Waals surface area contributed by atoms with Crippen molar-refractivity contribution in [1.82, 2.24) is 19.6 Å². The summed E-state index contributed by atoms with van der Waals surface area (Å²) in [6.45, 7) is 0.613. The summed E-state index contributed by atoms with van der Waals surface area (Å²) in [4.78, 5) is 15.0. The van der Waals surface area contributed by atoms with Crippen molar-refractivity contribution < 1.29 is 14.6 Å². The molecule has 3 aromatic rings. The van der Waals surface area contributed by atoms with Crippen molar-refractivity contribution in [1.29, 1.82) is 0 Å². The summed E-state index contributed by atoms with van der Waals surface area (Å²) in [6.07, 6.45) is 2.67. The molecule has 0 saturated carbocycles. The average Bonchev–Trinajstić information content (AvgIpc) is 2.98. The summed E-state index contributed by atoms with van der Waals surface area (Å²) in [6, 6.07) is 7.79. The number of ether oxygens (including phenoxy) is 1. The first-order valence-corrected chi connectivity index (χ1v) is 7.24. The minimum absolute atomic E-state index is 0.118. The first-order chi connectivity index (χ1) is 11.7. The van der Waals surface area contributed by atoms with Gasteiger partial charge in [0.25, 0.3) is 0 Å². The normalized spacial score (nSPS) is 10.5. The molecular weight excluding hydrogens is 312 g/mol. The Bertz CT molecular complexity index is 863. The van der Waals surface area contributed by atoms with Crippen molar-refractivity contribution in [3.8, 4) is 5.75 Å². The summed E-state index contributed by atoms with van der Waals surface area (Å²) in [5.41, 5.74) is 1.52. The van der Waals surface area contributed by atoms with Gasteiger partial charge < -0.3 is 15.2 Å². The molecule has 2 heterocycles. The van der Waals surface area contributed by atoms with Crippen molar-refractivity contribution in [2.45, 2.75) is 6.42 Å². The predicted molar refractivity (Wildman–Crippen MR) is 87.6 cm³/mol. The first-order valence-electron chi connectivity index (χ1n) is 7.24. The molecule has 9 nitrogen and oxygen atoms in total. The molecule has 0 atom stereocenters. The van der Waals surface area contributed by atoms with Crippen molar-refractivity contribution in [3.63, 3.8) is 0 Å². The van der Waals surface area contributed by atoms with Crippen molar-refractivity contribution in [2.75, 3.05) is 24.3 Å². The number of aromatic nitrogens is 4. The van der Waals surface area contributed by atoms with Crippen LogP contribution in [0.3, 0.4) is 0 Å². The fraction of sp³-hybridized carbons (Fsp3) is 0.200. The lowest BCUT2D eigenvalue weighted by Crippen LogP contribution is -2.11. The topological polar surface area (TPSA) is 114 Å². The Kier molecular flexibility index (Phi) is 4.41. The highest BCUT2D eigenvalue weighted by Crippen LogP contribution is 2.19. The summed E-state index contributed by atoms with van der Waals surface area (Å²) in [5.74, 6) is 1.48. The van der Waals surface area contributed by atoms with Gasteiger partial charge in [-0.25, -0.2) is 9.78 Å². The van der Waals surface area contributed by atoms with Crippen molar-refractivity contribution >= 4 is 23.5 Å². The van der Waals surface area contributed by atoms with Gasteiger partial charge in [0.05, 0.1) is 7.11 Å². The maximum Gasteiger partial charge on any atom is 0.411 e. The van der Waals surface area contributed by atoms with E-state index >= 15 is 0 Å². The molecule has 0 radical (unpaired) electrons. The third-order valence-electron chi connectivity index (χ3n) is 3.43. The lowest BCUT2D eigenvalue weighted by molar-refractivity contribution is 0.209. The van der Waals surface area contributed by atoms with E-state index in [1.165, 1.54) is 4.40 Å². The second-order valence-corrected chi connectivity index (χ2v) is 4.91. The van der Waals surface area contributed by atoms with Gasteiger partial charge in [-0.15, -0.1) is 10.2 Å². The summed E-state index contributed by atoms with van der Waals surface area (Å²) < 4.78 is 6.85. The number of amides is 1. The lowest BCUT2D eigenvalue weighted by Gasteiger charge is -2.09. The van der Waals surface area contributed by atoms with Crippen LogP contribution >= 0.6 is 0 Å². The van der Waals surface area contributed by atoms with E-state index in [1.807, 2.05) is 24.3 Å². The fourth-order valence-corrected chi connectivity index (χ4v) is 2.36. The van der Waals surface area contributed by atoms with Crippen LogP contribution in [-0.4, -0.2) is 44.4 Å². The van der Waals surface area contributed by atoms with Gasteiger partial charge in [-0.05, 0) is 18.1 Å². The van der Waals surface area contributed by atoms with Crippen molar-refractivity contribution in [2.24, 2.45) is 0 Å². The van der Waals surface area contributed by atoms with Crippen LogP contribution in [0.15, 0.2) is 36.7 Å². The van der Waals surface area contributed by atoms with E-state index in [-0.39, 0.29) is 5.95 Å². The Morgan fingerprint density at radius 1 is 1.33 bits per heavy atom. The van der Waals surface area contributed by atoms with E-state index in [2.05, 4.69) is 25.8 Å². The molecule has 0 bridgehead atoms. The average molecular weight is 328 g/mol. The first kappa shape index (κ1) is 15.5. The summed E-state index contributed by atoms with van der Waals surface area (Å²) >= 11 is 0. The number of carboxylic acid groups (broad SMARTS) is 1. The van der Waals surface area contributed by atoms with Gasteiger partial charge in [0.1, 0.15) is 5.75 Å². The van der Waals surface area contributed by atoms with E-state index in [0.29, 0.717) is 18.0 Å². The zero-order valence-corrected chi connectivity index (χ0v) is 12.9. The molecule has 1 aromatic carbocycles. The number of rotatable bonds is 6. The molecule has 9 heteroatoms. The molecule has 0 aliphatic heterocycles. The van der Waals surface area contributed by atoms with Crippen LogP contribution in [0.4, 0.5) is 16.6 Å². The van der Waals surface area contributed by atoms with E-state index < -0.39 is 6.09 Å². The number of hydrogen-bond acceptors (Lipinski definition) is 6. The van der Waals surface area contributed by atoms with Gasteiger partial charge in [0.2, 0.25) is 11.6 Å². The Labute approximate surface area is 137 Å². The number of para-hydroxylation sites is 1. The van der Waals surface area contributed by atoms with Gasteiger partial charge in [-0.2, -0.15) is 0 Å². The van der Waals surface area contributed by atoms with Gasteiger partial charge in [-0.1, -0.05) is 18.2 Å². The van der Waals surface area contributed by atoms with Crippen LogP contribution in [0.25, 0.3) is 5.65 Å². The zero-order chi connectivity index (χ0) is 16.9. The van der Waals surface area contributed by atoms with E-state index in [9.17, 15) is 4.79 Å². The molecule has 0 aliphatic carbocycles. The van der Waals surface area contributed by atoms with E-state index in [0.717, 1.165) is 17.7 Å². The number of anilines is 2. The fourth-order valence-electron chi connectivity index (χ4n) is 2.36. The largest absolute Gasteiger partial charge is 0.496 e. The van der Waals surface area contributed by atoms with Gasteiger partial charge in [0, 0.05) is 18.9 Å². The Morgan fingerprint density at radius 3 is 2.96 bits per heavy atom. The number of benzene rings is 1. The number of nitrogens with zero attached hydrogens (tertiary/aromatic N) is 4. The van der Waals surface area contributed by atoms with Crippen LogP contribution in [0, 0.1) is 0 Å². The van der Waals surface area contributed by atoms with Gasteiger partial charge >= 0.3 is 6.09 Å². The monoisotopic (exact) mass is 328 g/mol. The molecule has 0 spiro atoms. The van der Waals surface area contributed by atoms with Crippen LogP contribution in [-0.2, 0) is 6.42 Å². The van der Waals surface area contributed by atoms with E-state index in [4.69, 9.17) is 9.84 Å². The van der Waals surface area contributed by atoms with Crippen LogP contribution in [0.1, 0.15) is 5.56 Å². The summed E-state index contributed by atoms with van der Waals surface area (Å²) in [5, 5.41) is 21.9. The number of methoxy groups -OCH3 is 1. The third kappa shape index (κ3) is 3.19. The SMILES string of the molecule is COc1ccccc1CCNc1nccn2c(NC(=O)O)nnc12. The standard InChI is InChI=1S/C15H16N6O3/c1-24-11-5-3-2-4-10(11)6-7-16-12-13-19-20-14(18-15(22)23)21(13)9-8-17-12/h2-5,8-9H,6-7H2,1H3,(H,16,17)(H,18,20)(H,22,23). The minimum Gasteiger partial charge on any atom is -0.496 e. The molecule has 1 amide bonds. The minimum atomic E-state index is -1.20. The Hall–Kier alpha value is -3.36. The highest BCUT2D eigenvalue weighted by molar-refractivity contribution is 5.81.